The number of hydrogen-bond acceptors (Lipinski definition) is 1. The van der Waals surface area contributed by atoms with Crippen molar-refractivity contribution >= 4 is 0 Å². The Morgan fingerprint density at radius 2 is 2.40 bits per heavy atom. The van der Waals surface area contributed by atoms with E-state index in [0.717, 1.165) is 6.42 Å². The van der Waals surface area contributed by atoms with Gasteiger partial charge in [0, 0.05) is 0 Å². The zero-order valence-corrected chi connectivity index (χ0v) is 6.19. The minimum absolute atomic E-state index is 0.228. The van der Waals surface area contributed by atoms with Crippen LogP contribution >= 0.6 is 0 Å². The van der Waals surface area contributed by atoms with Gasteiger partial charge in [0.1, 0.15) is 0 Å². The largest absolute Gasteiger partial charge is 0.280 e. The van der Waals surface area contributed by atoms with Gasteiger partial charge in [0.2, 0.25) is 0 Å². The van der Waals surface area contributed by atoms with Crippen LogP contribution in [0.5, 0.6) is 0 Å². The molecule has 0 radical (unpaired) electrons. The summed E-state index contributed by atoms with van der Waals surface area (Å²) in [6, 6.07) is 0. The van der Waals surface area contributed by atoms with E-state index in [-0.39, 0.29) is 5.82 Å². The molecular formula is C7H11FN2. The van der Waals surface area contributed by atoms with Gasteiger partial charge in [-0.1, -0.05) is 13.8 Å². The van der Waals surface area contributed by atoms with E-state index in [2.05, 4.69) is 10.2 Å². The van der Waals surface area contributed by atoms with Crippen molar-refractivity contribution in [2.75, 3.05) is 0 Å². The summed E-state index contributed by atoms with van der Waals surface area (Å²) in [7, 11) is 0. The Labute approximate surface area is 59.5 Å². The second-order valence-electron chi connectivity index (χ2n) is 2.79. The molecule has 0 aliphatic carbocycles. The second-order valence-corrected chi connectivity index (χ2v) is 2.79. The van der Waals surface area contributed by atoms with Crippen molar-refractivity contribution in [3.8, 4) is 0 Å². The summed E-state index contributed by atoms with van der Waals surface area (Å²) in [5, 5.41) is 6.19. The lowest BCUT2D eigenvalue weighted by atomic mass is 10.1. The van der Waals surface area contributed by atoms with Crippen molar-refractivity contribution in [1.82, 2.24) is 10.2 Å². The van der Waals surface area contributed by atoms with E-state index in [1.807, 2.05) is 13.8 Å². The minimum Gasteiger partial charge on any atom is -0.280 e. The number of halogens is 1. The van der Waals surface area contributed by atoms with Gasteiger partial charge in [0.05, 0.1) is 11.9 Å². The molecule has 0 unspecified atom stereocenters. The third-order valence-electron chi connectivity index (χ3n) is 1.28. The summed E-state index contributed by atoms with van der Waals surface area (Å²) in [5.41, 5.74) is 0.606. The maximum Gasteiger partial charge on any atom is 0.163 e. The molecule has 0 aliphatic rings. The van der Waals surface area contributed by atoms with E-state index in [9.17, 15) is 4.39 Å². The molecule has 1 aromatic rings. The predicted octanol–water partition coefficient (Wildman–Crippen LogP) is 1.75. The van der Waals surface area contributed by atoms with Gasteiger partial charge in [0.15, 0.2) is 5.82 Å². The van der Waals surface area contributed by atoms with Crippen LogP contribution in [0.4, 0.5) is 4.39 Å². The third kappa shape index (κ3) is 1.56. The van der Waals surface area contributed by atoms with E-state index in [1.165, 1.54) is 6.20 Å². The number of aromatic nitrogens is 2. The maximum absolute atomic E-state index is 12.6. The number of H-pyrrole nitrogens is 1. The van der Waals surface area contributed by atoms with E-state index in [0.29, 0.717) is 11.6 Å². The van der Waals surface area contributed by atoms with E-state index < -0.39 is 0 Å². The highest BCUT2D eigenvalue weighted by Crippen LogP contribution is 2.07. The van der Waals surface area contributed by atoms with Gasteiger partial charge in [-0.05, 0) is 12.3 Å². The zero-order chi connectivity index (χ0) is 7.56. The lowest BCUT2D eigenvalue weighted by Gasteiger charge is -1.99. The molecule has 0 aromatic carbocycles. The second kappa shape index (κ2) is 2.82. The molecule has 2 nitrogen and oxygen atoms in total. The van der Waals surface area contributed by atoms with Crippen LogP contribution in [0.3, 0.4) is 0 Å². The van der Waals surface area contributed by atoms with Gasteiger partial charge < -0.3 is 0 Å². The molecule has 3 heteroatoms. The van der Waals surface area contributed by atoms with Crippen molar-refractivity contribution in [1.29, 1.82) is 0 Å². The summed E-state index contributed by atoms with van der Waals surface area (Å²) in [6.07, 6.45) is 1.93. The molecule has 0 spiro atoms. The molecule has 0 saturated heterocycles. The fourth-order valence-electron chi connectivity index (χ4n) is 0.850. The lowest BCUT2D eigenvalue weighted by molar-refractivity contribution is 0.570. The summed E-state index contributed by atoms with van der Waals surface area (Å²) in [4.78, 5) is 0. The standard InChI is InChI=1S/C7H11FN2/c1-5(2)3-7-6(8)4-9-10-7/h4-5H,3H2,1-2H3,(H,9,10). The summed E-state index contributed by atoms with van der Waals surface area (Å²) < 4.78 is 12.6. The monoisotopic (exact) mass is 142 g/mol. The highest BCUT2D eigenvalue weighted by atomic mass is 19.1. The van der Waals surface area contributed by atoms with Crippen LogP contribution in [0.1, 0.15) is 19.5 Å². The number of nitrogens with one attached hydrogen (secondary N) is 1. The molecule has 56 valence electrons. The van der Waals surface area contributed by atoms with E-state index in [1.54, 1.807) is 0 Å². The molecule has 10 heavy (non-hydrogen) atoms. The first-order valence-corrected chi connectivity index (χ1v) is 3.38. The Morgan fingerprint density at radius 3 is 2.80 bits per heavy atom. The average Bonchev–Trinajstić information content (AvgIpc) is 2.15. The van der Waals surface area contributed by atoms with Gasteiger partial charge >= 0.3 is 0 Å². The molecule has 1 rings (SSSR count). The van der Waals surface area contributed by atoms with Crippen LogP contribution < -0.4 is 0 Å². The fraction of sp³-hybridized carbons (Fsp3) is 0.571. The van der Waals surface area contributed by atoms with Crippen LogP contribution in [0.15, 0.2) is 6.20 Å². The maximum atomic E-state index is 12.6. The number of aromatic amines is 1. The van der Waals surface area contributed by atoms with Crippen LogP contribution in [-0.4, -0.2) is 10.2 Å². The first-order chi connectivity index (χ1) is 4.70. The molecule has 0 fully saturated rings. The molecule has 1 N–H and O–H groups in total. The Bertz CT molecular complexity index is 205. The molecule has 0 aliphatic heterocycles. The average molecular weight is 142 g/mol. The minimum atomic E-state index is -0.228. The van der Waals surface area contributed by atoms with Crippen molar-refractivity contribution in [2.45, 2.75) is 20.3 Å². The topological polar surface area (TPSA) is 28.7 Å². The molecule has 0 amide bonds. The van der Waals surface area contributed by atoms with E-state index >= 15 is 0 Å². The lowest BCUT2D eigenvalue weighted by Crippen LogP contribution is -1.96. The number of hydrogen-bond donors (Lipinski definition) is 1. The van der Waals surface area contributed by atoms with Gasteiger partial charge in [0.25, 0.3) is 0 Å². The Balaban J connectivity index is 2.65. The molecule has 0 saturated carbocycles. The SMILES string of the molecule is CC(C)Cc1[nH]ncc1F. The van der Waals surface area contributed by atoms with Crippen molar-refractivity contribution < 1.29 is 4.39 Å². The van der Waals surface area contributed by atoms with Gasteiger partial charge in [-0.15, -0.1) is 0 Å². The Hall–Kier alpha value is -0.860. The van der Waals surface area contributed by atoms with Crippen LogP contribution in [0.2, 0.25) is 0 Å². The summed E-state index contributed by atoms with van der Waals surface area (Å²) in [6.45, 7) is 4.08. The zero-order valence-electron chi connectivity index (χ0n) is 6.19. The van der Waals surface area contributed by atoms with Crippen molar-refractivity contribution in [3.63, 3.8) is 0 Å². The summed E-state index contributed by atoms with van der Waals surface area (Å²) >= 11 is 0. The molecule has 1 heterocycles. The Morgan fingerprint density at radius 1 is 1.70 bits per heavy atom. The van der Waals surface area contributed by atoms with Crippen LogP contribution in [0.25, 0.3) is 0 Å². The van der Waals surface area contributed by atoms with Crippen LogP contribution in [0, 0.1) is 11.7 Å². The van der Waals surface area contributed by atoms with Crippen molar-refractivity contribution in [3.05, 3.63) is 17.7 Å². The first-order valence-electron chi connectivity index (χ1n) is 3.38. The third-order valence-corrected chi connectivity index (χ3v) is 1.28. The normalized spacial score (nSPS) is 10.8. The number of rotatable bonds is 2. The summed E-state index contributed by atoms with van der Waals surface area (Å²) in [5.74, 6) is 0.239. The first kappa shape index (κ1) is 7.25. The predicted molar refractivity (Wildman–Crippen MR) is 37.1 cm³/mol. The van der Waals surface area contributed by atoms with Gasteiger partial charge in [-0.3, -0.25) is 5.10 Å². The smallest absolute Gasteiger partial charge is 0.163 e. The molecule has 0 atom stereocenters. The van der Waals surface area contributed by atoms with Crippen LogP contribution in [-0.2, 0) is 6.42 Å². The highest BCUT2D eigenvalue weighted by Gasteiger charge is 2.04. The quantitative estimate of drug-likeness (QED) is 0.669. The highest BCUT2D eigenvalue weighted by molar-refractivity contribution is 5.01. The van der Waals surface area contributed by atoms with E-state index in [4.69, 9.17) is 0 Å². The molecular weight excluding hydrogens is 131 g/mol. The Kier molecular flexibility index (Phi) is 2.04. The number of nitrogens with zero attached hydrogens (tertiary/aromatic N) is 1. The van der Waals surface area contributed by atoms with Crippen molar-refractivity contribution in [2.24, 2.45) is 5.92 Å². The molecule has 1 aromatic heterocycles. The van der Waals surface area contributed by atoms with Gasteiger partial charge in [-0.25, -0.2) is 4.39 Å². The molecule has 0 bridgehead atoms. The van der Waals surface area contributed by atoms with Gasteiger partial charge in [-0.2, -0.15) is 5.10 Å². The fourth-order valence-corrected chi connectivity index (χ4v) is 0.850.